The minimum Gasteiger partial charge on any atom is -0.493 e. The third kappa shape index (κ3) is 3.83. The van der Waals surface area contributed by atoms with Gasteiger partial charge in [-0.25, -0.2) is 0 Å². The standard InChI is InChI=1S/C24H29IO7/c1-12-14(11-25)8-13-9-16(27-2)21(29-4)23(31-6)18(13)19-15(20(12)26)10-17(28-3)22(30-5)24(19)32-7/h9-10,14,20,26H,1,8,11H2,2-7H3/t14-,20-/m1/s1. The lowest BCUT2D eigenvalue weighted by Gasteiger charge is -2.32. The Bertz CT molecular complexity index is 1020. The minimum atomic E-state index is -0.940. The molecule has 2 atom stereocenters. The van der Waals surface area contributed by atoms with Crippen molar-refractivity contribution in [1.29, 1.82) is 0 Å². The second-order valence-electron chi connectivity index (χ2n) is 7.32. The highest BCUT2D eigenvalue weighted by Crippen LogP contribution is 2.57. The Morgan fingerprint density at radius 1 is 0.812 bits per heavy atom. The van der Waals surface area contributed by atoms with Crippen molar-refractivity contribution in [3.8, 4) is 45.6 Å². The van der Waals surface area contributed by atoms with Crippen LogP contribution < -0.4 is 28.4 Å². The van der Waals surface area contributed by atoms with E-state index in [2.05, 4.69) is 29.2 Å². The van der Waals surface area contributed by atoms with Crippen LogP contribution in [0.2, 0.25) is 0 Å². The Hall–Kier alpha value is -2.33. The normalized spacial score (nSPS) is 17.4. The second kappa shape index (κ2) is 10.1. The van der Waals surface area contributed by atoms with E-state index in [0.29, 0.717) is 57.6 Å². The molecule has 0 aliphatic heterocycles. The van der Waals surface area contributed by atoms with E-state index in [-0.39, 0.29) is 5.92 Å². The number of alkyl halides is 1. The third-order valence-electron chi connectivity index (χ3n) is 5.84. The molecule has 32 heavy (non-hydrogen) atoms. The van der Waals surface area contributed by atoms with Crippen LogP contribution in [0.25, 0.3) is 11.1 Å². The number of ether oxygens (including phenoxy) is 6. The average Bonchev–Trinajstić information content (AvgIpc) is 2.83. The first-order valence-corrected chi connectivity index (χ1v) is 11.5. The van der Waals surface area contributed by atoms with Gasteiger partial charge in [-0.3, -0.25) is 0 Å². The molecule has 0 unspecified atom stereocenters. The Morgan fingerprint density at radius 2 is 1.31 bits per heavy atom. The fourth-order valence-electron chi connectivity index (χ4n) is 4.26. The summed E-state index contributed by atoms with van der Waals surface area (Å²) in [5.74, 6) is 2.82. The molecule has 8 heteroatoms. The highest BCUT2D eigenvalue weighted by atomic mass is 127. The van der Waals surface area contributed by atoms with Crippen LogP contribution in [0, 0.1) is 5.92 Å². The zero-order chi connectivity index (χ0) is 23.6. The summed E-state index contributed by atoms with van der Waals surface area (Å²) in [5, 5.41) is 11.4. The fraction of sp³-hybridized carbons (Fsp3) is 0.417. The van der Waals surface area contributed by atoms with Crippen molar-refractivity contribution < 1.29 is 33.5 Å². The summed E-state index contributed by atoms with van der Waals surface area (Å²) < 4.78 is 34.9. The molecular formula is C24H29IO7. The predicted molar refractivity (Wildman–Crippen MR) is 131 cm³/mol. The highest BCUT2D eigenvalue weighted by molar-refractivity contribution is 14.1. The van der Waals surface area contributed by atoms with E-state index in [1.807, 2.05) is 6.07 Å². The van der Waals surface area contributed by atoms with Crippen molar-refractivity contribution in [2.24, 2.45) is 5.92 Å². The first kappa shape index (κ1) is 24.3. The quantitative estimate of drug-likeness (QED) is 0.304. The molecule has 3 rings (SSSR count). The molecule has 2 aromatic carbocycles. The van der Waals surface area contributed by atoms with Crippen molar-refractivity contribution in [1.82, 2.24) is 0 Å². The predicted octanol–water partition coefficient (Wildman–Crippen LogP) is 4.60. The van der Waals surface area contributed by atoms with E-state index < -0.39 is 6.10 Å². The Kier molecular flexibility index (Phi) is 7.66. The summed E-state index contributed by atoms with van der Waals surface area (Å²) in [5.41, 5.74) is 3.65. The number of aliphatic hydroxyl groups excluding tert-OH is 1. The third-order valence-corrected chi connectivity index (χ3v) is 6.91. The van der Waals surface area contributed by atoms with Gasteiger partial charge in [0.15, 0.2) is 23.0 Å². The number of hydrogen-bond donors (Lipinski definition) is 1. The summed E-state index contributed by atoms with van der Waals surface area (Å²) in [4.78, 5) is 0. The first-order valence-electron chi connectivity index (χ1n) is 9.99. The number of methoxy groups -OCH3 is 6. The molecule has 0 radical (unpaired) electrons. The molecule has 0 bridgehead atoms. The number of benzene rings is 2. The largest absolute Gasteiger partial charge is 0.493 e. The van der Waals surface area contributed by atoms with Crippen LogP contribution in [0.3, 0.4) is 0 Å². The molecule has 0 saturated heterocycles. The van der Waals surface area contributed by atoms with Gasteiger partial charge in [0.1, 0.15) is 6.10 Å². The SMILES string of the molecule is C=C1[C@@H](CI)Cc2cc(OC)c(OC)c(OC)c2-c2c(cc(OC)c(OC)c2OC)[C@@H]1O. The van der Waals surface area contributed by atoms with Crippen molar-refractivity contribution in [3.63, 3.8) is 0 Å². The van der Waals surface area contributed by atoms with E-state index in [1.165, 1.54) is 0 Å². The summed E-state index contributed by atoms with van der Waals surface area (Å²) in [6.45, 7) is 4.24. The van der Waals surface area contributed by atoms with Crippen molar-refractivity contribution in [3.05, 3.63) is 35.4 Å². The number of aliphatic hydroxyl groups is 1. The topological polar surface area (TPSA) is 75.6 Å². The maximum Gasteiger partial charge on any atom is 0.203 e. The number of hydrogen-bond acceptors (Lipinski definition) is 7. The fourth-order valence-corrected chi connectivity index (χ4v) is 5.14. The van der Waals surface area contributed by atoms with Gasteiger partial charge in [0.2, 0.25) is 11.5 Å². The molecule has 174 valence electrons. The molecule has 1 N–H and O–H groups in total. The monoisotopic (exact) mass is 556 g/mol. The molecule has 0 heterocycles. The van der Waals surface area contributed by atoms with Crippen LogP contribution in [-0.2, 0) is 6.42 Å². The van der Waals surface area contributed by atoms with Gasteiger partial charge in [0, 0.05) is 21.1 Å². The van der Waals surface area contributed by atoms with E-state index in [9.17, 15) is 5.11 Å². The maximum absolute atomic E-state index is 11.4. The summed E-state index contributed by atoms with van der Waals surface area (Å²) in [6.07, 6.45) is -0.314. The highest BCUT2D eigenvalue weighted by Gasteiger charge is 2.36. The lowest BCUT2D eigenvalue weighted by Crippen LogP contribution is -2.20. The molecule has 1 aliphatic carbocycles. The first-order chi connectivity index (χ1) is 15.4. The van der Waals surface area contributed by atoms with Gasteiger partial charge in [-0.15, -0.1) is 0 Å². The molecule has 0 saturated carbocycles. The van der Waals surface area contributed by atoms with E-state index in [4.69, 9.17) is 28.4 Å². The Balaban J connectivity index is 2.57. The molecular weight excluding hydrogens is 527 g/mol. The van der Waals surface area contributed by atoms with Gasteiger partial charge in [0.05, 0.1) is 42.7 Å². The lowest BCUT2D eigenvalue weighted by atomic mass is 9.79. The van der Waals surface area contributed by atoms with Gasteiger partial charge >= 0.3 is 0 Å². The second-order valence-corrected chi connectivity index (χ2v) is 8.20. The van der Waals surface area contributed by atoms with Crippen LogP contribution in [0.4, 0.5) is 0 Å². The molecule has 0 fully saturated rings. The number of halogens is 1. The van der Waals surface area contributed by atoms with Gasteiger partial charge in [-0.05, 0) is 35.6 Å². The Morgan fingerprint density at radius 3 is 1.78 bits per heavy atom. The van der Waals surface area contributed by atoms with Gasteiger partial charge in [0.25, 0.3) is 0 Å². The summed E-state index contributed by atoms with van der Waals surface area (Å²) >= 11 is 2.32. The number of fused-ring (bicyclic) bond motifs is 3. The smallest absolute Gasteiger partial charge is 0.203 e. The molecule has 1 aliphatic rings. The summed E-state index contributed by atoms with van der Waals surface area (Å²) in [7, 11) is 9.38. The van der Waals surface area contributed by atoms with Gasteiger partial charge < -0.3 is 33.5 Å². The van der Waals surface area contributed by atoms with Crippen LogP contribution in [0.15, 0.2) is 24.3 Å². The van der Waals surface area contributed by atoms with Crippen molar-refractivity contribution >= 4 is 22.6 Å². The lowest BCUT2D eigenvalue weighted by molar-refractivity contribution is 0.202. The number of rotatable bonds is 7. The van der Waals surface area contributed by atoms with Crippen LogP contribution in [0.1, 0.15) is 17.2 Å². The van der Waals surface area contributed by atoms with E-state index in [1.54, 1.807) is 48.7 Å². The van der Waals surface area contributed by atoms with Crippen molar-refractivity contribution in [2.45, 2.75) is 12.5 Å². The van der Waals surface area contributed by atoms with Crippen LogP contribution in [0.5, 0.6) is 34.5 Å². The van der Waals surface area contributed by atoms with Gasteiger partial charge in [-0.1, -0.05) is 29.2 Å². The molecule has 0 aromatic heterocycles. The zero-order valence-electron chi connectivity index (χ0n) is 19.2. The minimum absolute atomic E-state index is 0.0272. The van der Waals surface area contributed by atoms with E-state index >= 15 is 0 Å². The molecule has 0 amide bonds. The Labute approximate surface area is 202 Å². The van der Waals surface area contributed by atoms with Crippen LogP contribution in [-0.4, -0.2) is 52.2 Å². The van der Waals surface area contributed by atoms with Gasteiger partial charge in [-0.2, -0.15) is 0 Å². The van der Waals surface area contributed by atoms with E-state index in [0.717, 1.165) is 15.6 Å². The molecule has 0 spiro atoms. The van der Waals surface area contributed by atoms with Crippen molar-refractivity contribution in [2.75, 3.05) is 47.1 Å². The average molecular weight is 556 g/mol. The molecule has 7 nitrogen and oxygen atoms in total. The molecule has 2 aromatic rings. The van der Waals surface area contributed by atoms with Crippen LogP contribution >= 0.6 is 22.6 Å². The zero-order valence-corrected chi connectivity index (χ0v) is 21.4. The maximum atomic E-state index is 11.4. The summed E-state index contributed by atoms with van der Waals surface area (Å²) in [6, 6.07) is 3.71.